The third-order valence-electron chi connectivity index (χ3n) is 4.94. The van der Waals surface area contributed by atoms with Gasteiger partial charge in [-0.2, -0.15) is 0 Å². The van der Waals surface area contributed by atoms with Crippen LogP contribution in [0.2, 0.25) is 5.04 Å². The molecule has 0 aliphatic carbocycles. The zero-order chi connectivity index (χ0) is 18.5. The van der Waals surface area contributed by atoms with Crippen molar-refractivity contribution in [3.05, 3.63) is 80.2 Å². The molecule has 0 saturated heterocycles. The second-order valence-corrected chi connectivity index (χ2v) is 12.2. The highest BCUT2D eigenvalue weighted by atomic mass is 28.4. The molecule has 2 aromatic rings. The molecular formula is C23H31OSi. The fourth-order valence-electron chi connectivity index (χ4n) is 3.45. The number of benzene rings is 2. The normalized spacial score (nSPS) is 13.7. The van der Waals surface area contributed by atoms with Gasteiger partial charge >= 0.3 is 0 Å². The third-order valence-corrected chi connectivity index (χ3v) is 9.95. The summed E-state index contributed by atoms with van der Waals surface area (Å²) in [6.07, 6.45) is 1.98. The van der Waals surface area contributed by atoms with Gasteiger partial charge in [0.1, 0.15) is 0 Å². The van der Waals surface area contributed by atoms with Gasteiger partial charge in [-0.25, -0.2) is 0 Å². The molecule has 2 heteroatoms. The summed E-state index contributed by atoms with van der Waals surface area (Å²) >= 11 is 0. The topological polar surface area (TPSA) is 9.23 Å². The molecule has 0 aliphatic heterocycles. The van der Waals surface area contributed by atoms with Crippen molar-refractivity contribution in [3.63, 3.8) is 0 Å². The summed E-state index contributed by atoms with van der Waals surface area (Å²) in [6.45, 7) is 17.9. The van der Waals surface area contributed by atoms with Gasteiger partial charge in [0, 0.05) is 12.5 Å². The van der Waals surface area contributed by atoms with E-state index >= 15 is 0 Å². The molecule has 0 spiro atoms. The molecule has 0 aromatic heterocycles. The number of hydrogen-bond acceptors (Lipinski definition) is 1. The van der Waals surface area contributed by atoms with Crippen LogP contribution in [0.5, 0.6) is 0 Å². The average molecular weight is 352 g/mol. The van der Waals surface area contributed by atoms with Crippen LogP contribution < -0.4 is 10.4 Å². The second kappa shape index (κ2) is 8.16. The maximum Gasteiger partial charge on any atom is 0.261 e. The molecule has 1 radical (unpaired) electrons. The maximum absolute atomic E-state index is 6.91. The monoisotopic (exact) mass is 351 g/mol. The summed E-state index contributed by atoms with van der Waals surface area (Å²) in [4.78, 5) is 0. The van der Waals surface area contributed by atoms with E-state index in [2.05, 4.69) is 102 Å². The fraction of sp³-hybridized carbons (Fsp3) is 0.348. The lowest BCUT2D eigenvalue weighted by atomic mass is 9.97. The van der Waals surface area contributed by atoms with E-state index < -0.39 is 8.32 Å². The standard InChI is InChI=1S/C23H31OSi/c1-7-20(19(2)3)18-24-25(23(4,5)6,21-14-10-8-11-15-21)22-16-12-9-13-17-22/h7-17,19-20H,1-2,18H2,3-6H3/t19-,20-/m1/s1. The first-order valence-electron chi connectivity index (χ1n) is 9.03. The van der Waals surface area contributed by atoms with Crippen molar-refractivity contribution in [2.45, 2.75) is 32.7 Å². The van der Waals surface area contributed by atoms with Crippen LogP contribution in [-0.4, -0.2) is 14.9 Å². The second-order valence-electron chi connectivity index (χ2n) is 7.85. The minimum absolute atomic E-state index is 0.00579. The Kier molecular flexibility index (Phi) is 6.42. The summed E-state index contributed by atoms with van der Waals surface area (Å²) in [7, 11) is -2.45. The Morgan fingerprint density at radius 3 is 1.72 bits per heavy atom. The summed E-state index contributed by atoms with van der Waals surface area (Å²) in [5, 5.41) is 2.63. The zero-order valence-corrected chi connectivity index (χ0v) is 17.0. The van der Waals surface area contributed by atoms with Crippen LogP contribution in [0.15, 0.2) is 73.3 Å². The maximum atomic E-state index is 6.91. The summed E-state index contributed by atoms with van der Waals surface area (Å²) < 4.78 is 6.91. The molecule has 2 atom stereocenters. The first-order chi connectivity index (χ1) is 11.8. The SMILES string of the molecule is [CH2][C@H](C)[C@H](C=C)CO[Si](c1ccccc1)(c1ccccc1)C(C)(C)C. The van der Waals surface area contributed by atoms with E-state index in [0.29, 0.717) is 6.61 Å². The van der Waals surface area contributed by atoms with E-state index in [-0.39, 0.29) is 16.9 Å². The van der Waals surface area contributed by atoms with Gasteiger partial charge in [0.15, 0.2) is 0 Å². The van der Waals surface area contributed by atoms with Crippen molar-refractivity contribution in [1.29, 1.82) is 0 Å². The van der Waals surface area contributed by atoms with Crippen molar-refractivity contribution in [2.75, 3.05) is 6.61 Å². The molecule has 0 amide bonds. The molecule has 0 unspecified atom stereocenters. The largest absolute Gasteiger partial charge is 0.407 e. The van der Waals surface area contributed by atoms with E-state index in [1.165, 1.54) is 10.4 Å². The molecule has 0 heterocycles. The van der Waals surface area contributed by atoms with Crippen molar-refractivity contribution < 1.29 is 4.43 Å². The van der Waals surface area contributed by atoms with E-state index in [4.69, 9.17) is 4.43 Å². The van der Waals surface area contributed by atoms with E-state index in [1.54, 1.807) is 0 Å². The lowest BCUT2D eigenvalue weighted by Gasteiger charge is -2.43. The van der Waals surface area contributed by atoms with E-state index in [1.807, 2.05) is 6.08 Å². The van der Waals surface area contributed by atoms with Gasteiger partial charge in [-0.15, -0.1) is 6.58 Å². The zero-order valence-electron chi connectivity index (χ0n) is 16.0. The van der Waals surface area contributed by atoms with Gasteiger partial charge in [-0.1, -0.05) is 94.4 Å². The molecule has 0 fully saturated rings. The van der Waals surface area contributed by atoms with Crippen LogP contribution in [0.1, 0.15) is 27.7 Å². The van der Waals surface area contributed by atoms with Crippen molar-refractivity contribution in [2.24, 2.45) is 11.8 Å². The van der Waals surface area contributed by atoms with E-state index in [0.717, 1.165) is 0 Å². The van der Waals surface area contributed by atoms with Crippen LogP contribution >= 0.6 is 0 Å². The van der Waals surface area contributed by atoms with Gasteiger partial charge in [0.05, 0.1) is 0 Å². The lowest BCUT2D eigenvalue weighted by Crippen LogP contribution is -2.67. The number of hydrogen-bond donors (Lipinski definition) is 0. The third kappa shape index (κ3) is 4.13. The summed E-state index contributed by atoms with van der Waals surface area (Å²) in [5.74, 6) is 0.525. The predicted molar refractivity (Wildman–Crippen MR) is 112 cm³/mol. The van der Waals surface area contributed by atoms with Crippen LogP contribution in [0.25, 0.3) is 0 Å². The Balaban J connectivity index is 2.58. The highest BCUT2D eigenvalue weighted by Gasteiger charge is 2.50. The lowest BCUT2D eigenvalue weighted by molar-refractivity contribution is 0.237. The highest BCUT2D eigenvalue weighted by Crippen LogP contribution is 2.37. The van der Waals surface area contributed by atoms with Crippen LogP contribution in [0.3, 0.4) is 0 Å². The average Bonchev–Trinajstić information content (AvgIpc) is 2.59. The first-order valence-corrected chi connectivity index (χ1v) is 10.9. The minimum atomic E-state index is -2.45. The molecule has 0 bridgehead atoms. The van der Waals surface area contributed by atoms with Gasteiger partial charge in [-0.3, -0.25) is 0 Å². The number of rotatable bonds is 7. The Labute approximate surface area is 154 Å². The van der Waals surface area contributed by atoms with Gasteiger partial charge in [-0.05, 0) is 28.3 Å². The first kappa shape index (κ1) is 19.7. The molecular weight excluding hydrogens is 320 g/mol. The van der Waals surface area contributed by atoms with Crippen LogP contribution in [0, 0.1) is 18.8 Å². The van der Waals surface area contributed by atoms with Gasteiger partial charge < -0.3 is 4.43 Å². The molecule has 133 valence electrons. The molecule has 2 aromatic carbocycles. The molecule has 0 N–H and O–H groups in total. The predicted octanol–water partition coefficient (Wildman–Crippen LogP) is 4.84. The van der Waals surface area contributed by atoms with Crippen LogP contribution in [-0.2, 0) is 4.43 Å². The molecule has 25 heavy (non-hydrogen) atoms. The van der Waals surface area contributed by atoms with Crippen molar-refractivity contribution in [3.8, 4) is 0 Å². The molecule has 0 aliphatic rings. The molecule has 2 rings (SSSR count). The molecule has 0 saturated carbocycles. The van der Waals surface area contributed by atoms with Gasteiger partial charge in [0.2, 0.25) is 0 Å². The Hall–Kier alpha value is -1.64. The molecule has 1 nitrogen and oxygen atoms in total. The Morgan fingerprint density at radius 2 is 1.40 bits per heavy atom. The quantitative estimate of drug-likeness (QED) is 0.512. The van der Waals surface area contributed by atoms with Crippen molar-refractivity contribution in [1.82, 2.24) is 0 Å². The Bertz CT molecular complexity index is 616. The summed E-state index contributed by atoms with van der Waals surface area (Å²) in [5.41, 5.74) is 0. The van der Waals surface area contributed by atoms with E-state index in [9.17, 15) is 0 Å². The van der Waals surface area contributed by atoms with Crippen molar-refractivity contribution >= 4 is 18.7 Å². The van der Waals surface area contributed by atoms with Crippen LogP contribution in [0.4, 0.5) is 0 Å². The smallest absolute Gasteiger partial charge is 0.261 e. The van der Waals surface area contributed by atoms with Gasteiger partial charge in [0.25, 0.3) is 8.32 Å². The Morgan fingerprint density at radius 1 is 0.960 bits per heavy atom. The minimum Gasteiger partial charge on any atom is -0.407 e. The highest BCUT2D eigenvalue weighted by molar-refractivity contribution is 6.99. The summed E-state index contributed by atoms with van der Waals surface area (Å²) in [6, 6.07) is 21.5. The fourth-order valence-corrected chi connectivity index (χ4v) is 8.05.